The van der Waals surface area contributed by atoms with E-state index >= 15 is 0 Å². The summed E-state index contributed by atoms with van der Waals surface area (Å²) in [7, 11) is 3.13. The Kier molecular flexibility index (Phi) is 4.53. The van der Waals surface area contributed by atoms with Crippen molar-refractivity contribution in [2.75, 3.05) is 14.2 Å². The molecule has 0 amide bonds. The second-order valence-corrected chi connectivity index (χ2v) is 5.34. The van der Waals surface area contributed by atoms with Gasteiger partial charge in [0, 0.05) is 5.56 Å². The monoisotopic (exact) mass is 342 g/mol. The predicted molar refractivity (Wildman–Crippen MR) is 92.5 cm³/mol. The Morgan fingerprint density at radius 2 is 1.83 bits per heavy atom. The smallest absolute Gasteiger partial charge is 0.155 e. The van der Waals surface area contributed by atoms with Crippen molar-refractivity contribution < 1.29 is 14.3 Å². The first kappa shape index (κ1) is 16.1. The highest BCUT2D eigenvalue weighted by atomic mass is 35.5. The number of hydrogen-bond donors (Lipinski definition) is 0. The molecule has 1 aromatic heterocycles. The van der Waals surface area contributed by atoms with Gasteiger partial charge in [0.05, 0.1) is 25.5 Å². The average Bonchev–Trinajstić information content (AvgIpc) is 2.98. The summed E-state index contributed by atoms with van der Waals surface area (Å²) in [5.41, 5.74) is 2.14. The minimum atomic E-state index is 0.246. The molecule has 0 fully saturated rings. The fourth-order valence-electron chi connectivity index (χ4n) is 2.45. The van der Waals surface area contributed by atoms with Crippen LogP contribution < -0.4 is 9.47 Å². The number of nitrogens with zero attached hydrogens (tertiary/aromatic N) is 2. The van der Waals surface area contributed by atoms with Crippen molar-refractivity contribution in [3.63, 3.8) is 0 Å². The van der Waals surface area contributed by atoms with Crippen molar-refractivity contribution in [3.05, 3.63) is 59.2 Å². The zero-order valence-electron chi connectivity index (χ0n) is 13.2. The van der Waals surface area contributed by atoms with Gasteiger partial charge in [0.1, 0.15) is 22.3 Å². The van der Waals surface area contributed by atoms with Crippen molar-refractivity contribution in [1.82, 2.24) is 9.78 Å². The van der Waals surface area contributed by atoms with Crippen molar-refractivity contribution >= 4 is 17.9 Å². The summed E-state index contributed by atoms with van der Waals surface area (Å²) in [6.07, 6.45) is 0.697. The van der Waals surface area contributed by atoms with Gasteiger partial charge in [-0.15, -0.1) is 0 Å². The Labute approximate surface area is 144 Å². The van der Waals surface area contributed by atoms with Gasteiger partial charge in [-0.2, -0.15) is 5.10 Å². The highest BCUT2D eigenvalue weighted by Crippen LogP contribution is 2.37. The quantitative estimate of drug-likeness (QED) is 0.657. The second kappa shape index (κ2) is 6.76. The molecule has 0 N–H and O–H groups in total. The Hall–Kier alpha value is -2.79. The maximum absolute atomic E-state index is 11.6. The summed E-state index contributed by atoms with van der Waals surface area (Å²) in [5.74, 6) is 1.21. The lowest BCUT2D eigenvalue weighted by atomic mass is 10.1. The van der Waals surface area contributed by atoms with E-state index < -0.39 is 0 Å². The molecule has 0 saturated carbocycles. The molecule has 0 atom stereocenters. The number of aldehydes is 1. The summed E-state index contributed by atoms with van der Waals surface area (Å²) < 4.78 is 12.2. The third-order valence-corrected chi connectivity index (χ3v) is 4.01. The average molecular weight is 343 g/mol. The van der Waals surface area contributed by atoms with Gasteiger partial charge in [-0.25, -0.2) is 4.68 Å². The number of carbonyl (C=O) groups is 1. The molecule has 3 aromatic rings. The zero-order valence-corrected chi connectivity index (χ0v) is 13.9. The highest BCUT2D eigenvalue weighted by Gasteiger charge is 2.21. The van der Waals surface area contributed by atoms with Crippen molar-refractivity contribution in [1.29, 1.82) is 0 Å². The van der Waals surface area contributed by atoms with E-state index in [0.717, 1.165) is 5.69 Å². The number of methoxy groups -OCH3 is 2. The number of rotatable bonds is 5. The van der Waals surface area contributed by atoms with Crippen LogP contribution in [0.5, 0.6) is 11.5 Å². The predicted octanol–water partition coefficient (Wildman–Crippen LogP) is 4.02. The Balaban J connectivity index is 2.24. The van der Waals surface area contributed by atoms with E-state index in [9.17, 15) is 4.79 Å². The van der Waals surface area contributed by atoms with Crippen LogP contribution in [0.4, 0.5) is 0 Å². The van der Waals surface area contributed by atoms with Crippen LogP contribution in [0.2, 0.25) is 5.15 Å². The van der Waals surface area contributed by atoms with Crippen molar-refractivity contribution in [3.8, 4) is 28.4 Å². The molecule has 2 aromatic carbocycles. The molecule has 0 radical (unpaired) electrons. The first-order valence-corrected chi connectivity index (χ1v) is 7.59. The van der Waals surface area contributed by atoms with Gasteiger partial charge >= 0.3 is 0 Å². The van der Waals surface area contributed by atoms with Gasteiger partial charge in [-0.3, -0.25) is 4.79 Å². The molecule has 0 aliphatic rings. The van der Waals surface area contributed by atoms with Crippen LogP contribution >= 0.6 is 11.6 Å². The van der Waals surface area contributed by atoms with Crippen LogP contribution in [-0.4, -0.2) is 30.3 Å². The molecular formula is C18H15ClN2O3. The van der Waals surface area contributed by atoms with Crippen LogP contribution in [-0.2, 0) is 0 Å². The number of hydrogen-bond acceptors (Lipinski definition) is 4. The number of para-hydroxylation sites is 1. The summed E-state index contributed by atoms with van der Waals surface area (Å²) >= 11 is 6.38. The molecule has 1 heterocycles. The van der Waals surface area contributed by atoms with Crippen LogP contribution in [0.1, 0.15) is 10.4 Å². The van der Waals surface area contributed by atoms with Crippen LogP contribution in [0.3, 0.4) is 0 Å². The number of ether oxygens (including phenoxy) is 2. The molecule has 24 heavy (non-hydrogen) atoms. The molecular weight excluding hydrogens is 328 g/mol. The van der Waals surface area contributed by atoms with Crippen molar-refractivity contribution in [2.24, 2.45) is 0 Å². The number of carbonyl (C=O) groups excluding carboxylic acids is 1. The molecule has 0 unspecified atom stereocenters. The maximum atomic E-state index is 11.6. The van der Waals surface area contributed by atoms with Crippen LogP contribution in [0, 0.1) is 0 Å². The normalized spacial score (nSPS) is 10.5. The van der Waals surface area contributed by atoms with E-state index in [2.05, 4.69) is 5.10 Å². The standard InChI is InChI=1S/C18H15ClN2O3/c1-23-13-8-9-16(24-2)14(10-13)17-15(11-22)18(19)21(20-17)12-6-4-3-5-7-12/h3-11H,1-2H3. The van der Waals surface area contributed by atoms with Gasteiger partial charge in [-0.05, 0) is 30.3 Å². The molecule has 6 heteroatoms. The first-order valence-electron chi connectivity index (χ1n) is 7.21. The molecule has 0 aliphatic heterocycles. The molecule has 0 spiro atoms. The van der Waals surface area contributed by atoms with Crippen LogP contribution in [0.15, 0.2) is 48.5 Å². The van der Waals surface area contributed by atoms with E-state index in [1.807, 2.05) is 30.3 Å². The van der Waals surface area contributed by atoms with Crippen molar-refractivity contribution in [2.45, 2.75) is 0 Å². The lowest BCUT2D eigenvalue weighted by Gasteiger charge is -2.09. The minimum absolute atomic E-state index is 0.246. The SMILES string of the molecule is COc1ccc(OC)c(-c2nn(-c3ccccc3)c(Cl)c2C=O)c1. The van der Waals surface area contributed by atoms with E-state index in [0.29, 0.717) is 34.6 Å². The topological polar surface area (TPSA) is 53.4 Å². The number of halogens is 1. The zero-order chi connectivity index (χ0) is 17.1. The Morgan fingerprint density at radius 3 is 2.46 bits per heavy atom. The summed E-state index contributed by atoms with van der Waals surface area (Å²) in [5, 5.41) is 4.77. The third-order valence-electron chi connectivity index (χ3n) is 3.64. The molecule has 5 nitrogen and oxygen atoms in total. The molecule has 3 rings (SSSR count). The molecule has 0 aliphatic carbocycles. The summed E-state index contributed by atoms with van der Waals surface area (Å²) in [6, 6.07) is 14.7. The van der Waals surface area contributed by atoms with Gasteiger partial charge < -0.3 is 9.47 Å². The van der Waals surface area contributed by atoms with Gasteiger partial charge in [0.2, 0.25) is 0 Å². The molecule has 122 valence electrons. The number of aromatic nitrogens is 2. The van der Waals surface area contributed by atoms with Gasteiger partial charge in [0.25, 0.3) is 0 Å². The fraction of sp³-hybridized carbons (Fsp3) is 0.111. The van der Waals surface area contributed by atoms with E-state index in [1.54, 1.807) is 32.4 Å². The lowest BCUT2D eigenvalue weighted by Crippen LogP contribution is -1.96. The first-order chi connectivity index (χ1) is 11.7. The van der Waals surface area contributed by atoms with E-state index in [-0.39, 0.29) is 5.15 Å². The summed E-state index contributed by atoms with van der Waals surface area (Å²) in [4.78, 5) is 11.6. The molecule has 0 bridgehead atoms. The summed E-state index contributed by atoms with van der Waals surface area (Å²) in [6.45, 7) is 0. The van der Waals surface area contributed by atoms with Gasteiger partial charge in [0.15, 0.2) is 6.29 Å². The van der Waals surface area contributed by atoms with Gasteiger partial charge in [-0.1, -0.05) is 29.8 Å². The number of benzene rings is 2. The highest BCUT2D eigenvalue weighted by molar-refractivity contribution is 6.32. The van der Waals surface area contributed by atoms with Crippen LogP contribution in [0.25, 0.3) is 16.9 Å². The molecule has 0 saturated heterocycles. The second-order valence-electron chi connectivity index (χ2n) is 4.98. The third kappa shape index (κ3) is 2.74. The maximum Gasteiger partial charge on any atom is 0.155 e. The minimum Gasteiger partial charge on any atom is -0.497 e. The lowest BCUT2D eigenvalue weighted by molar-refractivity contribution is 0.112. The largest absolute Gasteiger partial charge is 0.497 e. The fourth-order valence-corrected chi connectivity index (χ4v) is 2.72. The van der Waals surface area contributed by atoms with E-state index in [4.69, 9.17) is 21.1 Å². The Bertz CT molecular complexity index is 875. The van der Waals surface area contributed by atoms with E-state index in [1.165, 1.54) is 4.68 Å². The Morgan fingerprint density at radius 1 is 1.08 bits per heavy atom.